The van der Waals surface area contributed by atoms with Crippen LogP contribution in [0.25, 0.3) is 0 Å². The van der Waals surface area contributed by atoms with Crippen LogP contribution in [-0.2, 0) is 38.1 Å². The molecular weight excluding hydrogens is 191 g/mol. The Morgan fingerprint density at radius 2 is 1.00 bits per heavy atom. The molecule has 0 fully saturated rings. The van der Waals surface area contributed by atoms with Crippen molar-refractivity contribution in [3.05, 3.63) is 0 Å². The molecule has 5 radical (unpaired) electrons. The molecule has 0 aromatic heterocycles. The minimum atomic E-state index is 0. The van der Waals surface area contributed by atoms with Gasteiger partial charge in [0.25, 0.3) is 0 Å². The molecule has 0 spiro atoms. The SMILES string of the molecule is C.[Mn].[Mo].[Si]. The molecule has 0 aromatic carbocycles. The maximum Gasteiger partial charge on any atom is 0 e. The van der Waals surface area contributed by atoms with Crippen LogP contribution >= 0.6 is 0 Å². The normalized spacial score (nSPS) is 0. The van der Waals surface area contributed by atoms with Crippen molar-refractivity contribution in [1.29, 1.82) is 0 Å². The zero-order valence-electron chi connectivity index (χ0n) is 1.29. The number of hydrogen-bond acceptors (Lipinski definition) is 0. The Morgan fingerprint density at radius 1 is 1.00 bits per heavy atom. The fourth-order valence-electron chi connectivity index (χ4n) is 0. The van der Waals surface area contributed by atoms with Gasteiger partial charge in [-0.05, 0) is 0 Å². The van der Waals surface area contributed by atoms with Crippen molar-refractivity contribution in [3.8, 4) is 0 Å². The fourth-order valence-corrected chi connectivity index (χ4v) is 0. The topological polar surface area (TPSA) is 0 Å². The van der Waals surface area contributed by atoms with E-state index in [0.29, 0.717) is 0 Å². The Labute approximate surface area is 56.5 Å². The van der Waals surface area contributed by atoms with Crippen LogP contribution in [0.15, 0.2) is 0 Å². The molecule has 0 bridgehead atoms. The Hall–Kier alpha value is 1.42. The smallest absolute Gasteiger partial charge is 0 e. The third-order valence-corrected chi connectivity index (χ3v) is 0. The molecule has 0 unspecified atom stereocenters. The van der Waals surface area contributed by atoms with E-state index in [2.05, 4.69) is 0 Å². The summed E-state index contributed by atoms with van der Waals surface area (Å²) in [6, 6.07) is 0. The third-order valence-electron chi connectivity index (χ3n) is 0. The van der Waals surface area contributed by atoms with E-state index >= 15 is 0 Å². The van der Waals surface area contributed by atoms with Crippen LogP contribution in [0.1, 0.15) is 7.43 Å². The molecular formula is CH4MnMoSi. The standard InChI is InChI=1S/CH4.Mn.Mo.Si/h1H4;;;. The molecule has 0 nitrogen and oxygen atoms in total. The summed E-state index contributed by atoms with van der Waals surface area (Å²) in [5, 5.41) is 0. The Kier molecular flexibility index (Phi) is 334. The van der Waals surface area contributed by atoms with Crippen molar-refractivity contribution in [3.63, 3.8) is 0 Å². The predicted octanol–water partition coefficient (Wildman–Crippen LogP) is 0.250. The van der Waals surface area contributed by atoms with Gasteiger partial charge in [-0.2, -0.15) is 0 Å². The fraction of sp³-hybridized carbons (Fsp3) is 1.00. The maximum absolute atomic E-state index is 0. The largest absolute Gasteiger partial charge is 0.0776 e. The van der Waals surface area contributed by atoms with Crippen LogP contribution in [-0.4, -0.2) is 11.0 Å². The summed E-state index contributed by atoms with van der Waals surface area (Å²) < 4.78 is 0. The van der Waals surface area contributed by atoms with Gasteiger partial charge in [0.05, 0.1) is 0 Å². The second-order valence-electron chi connectivity index (χ2n) is 0. The van der Waals surface area contributed by atoms with Crippen molar-refractivity contribution >= 4 is 11.0 Å². The average molecular weight is 195 g/mol. The maximum atomic E-state index is 0. The van der Waals surface area contributed by atoms with Crippen molar-refractivity contribution < 1.29 is 38.1 Å². The van der Waals surface area contributed by atoms with Crippen LogP contribution in [0.4, 0.5) is 0 Å². The van der Waals surface area contributed by atoms with Gasteiger partial charge in [0.2, 0.25) is 0 Å². The first-order valence-corrected chi connectivity index (χ1v) is 0. The summed E-state index contributed by atoms with van der Waals surface area (Å²) in [5.41, 5.74) is 0. The van der Waals surface area contributed by atoms with E-state index in [1.54, 1.807) is 0 Å². The van der Waals surface area contributed by atoms with Crippen LogP contribution < -0.4 is 0 Å². The molecule has 0 rings (SSSR count). The van der Waals surface area contributed by atoms with E-state index in [9.17, 15) is 0 Å². The zero-order chi connectivity index (χ0) is 0. The second kappa shape index (κ2) is 25.6. The van der Waals surface area contributed by atoms with Gasteiger partial charge in [-0.1, -0.05) is 7.43 Å². The Bertz CT molecular complexity index is 8.00. The first-order chi connectivity index (χ1) is 0. The van der Waals surface area contributed by atoms with E-state index in [0.717, 1.165) is 0 Å². The van der Waals surface area contributed by atoms with Crippen LogP contribution in [0, 0.1) is 0 Å². The van der Waals surface area contributed by atoms with Gasteiger partial charge in [0, 0.05) is 49.1 Å². The van der Waals surface area contributed by atoms with E-state index in [-0.39, 0.29) is 56.5 Å². The van der Waals surface area contributed by atoms with Gasteiger partial charge < -0.3 is 0 Å². The first-order valence-electron chi connectivity index (χ1n) is 0. The summed E-state index contributed by atoms with van der Waals surface area (Å²) in [7, 11) is 0. The van der Waals surface area contributed by atoms with Gasteiger partial charge in [0.15, 0.2) is 0 Å². The summed E-state index contributed by atoms with van der Waals surface area (Å²) in [6.45, 7) is 0. The molecule has 0 heterocycles. The second-order valence-corrected chi connectivity index (χ2v) is 0. The van der Waals surface area contributed by atoms with E-state index in [1.165, 1.54) is 0 Å². The summed E-state index contributed by atoms with van der Waals surface area (Å²) in [5.74, 6) is 0. The van der Waals surface area contributed by atoms with Gasteiger partial charge in [-0.15, -0.1) is 0 Å². The third kappa shape index (κ3) is 9.92. The molecule has 0 saturated heterocycles. The molecule has 0 aliphatic carbocycles. The van der Waals surface area contributed by atoms with Crippen molar-refractivity contribution in [2.45, 2.75) is 7.43 Å². The monoisotopic (exact) mass is 197 g/mol. The van der Waals surface area contributed by atoms with Gasteiger partial charge in [-0.3, -0.25) is 0 Å². The molecule has 0 aliphatic rings. The molecule has 25 valence electrons. The average Bonchev–Trinajstić information content (AvgIpc) is 0. The van der Waals surface area contributed by atoms with Crippen molar-refractivity contribution in [2.75, 3.05) is 0 Å². The summed E-state index contributed by atoms with van der Waals surface area (Å²) in [4.78, 5) is 0. The molecule has 0 aromatic rings. The Morgan fingerprint density at radius 3 is 1.00 bits per heavy atom. The van der Waals surface area contributed by atoms with Gasteiger partial charge >= 0.3 is 0 Å². The summed E-state index contributed by atoms with van der Waals surface area (Å²) >= 11 is 0. The minimum absolute atomic E-state index is 0. The van der Waals surface area contributed by atoms with Crippen LogP contribution in [0.5, 0.6) is 0 Å². The number of hydrogen-bond donors (Lipinski definition) is 0. The van der Waals surface area contributed by atoms with E-state index in [4.69, 9.17) is 0 Å². The molecule has 0 atom stereocenters. The van der Waals surface area contributed by atoms with Crippen LogP contribution in [0.2, 0.25) is 0 Å². The molecule has 4 heavy (non-hydrogen) atoms. The predicted molar refractivity (Wildman–Crippen MR) is 12.5 cm³/mol. The molecule has 0 aliphatic heterocycles. The van der Waals surface area contributed by atoms with Crippen molar-refractivity contribution in [1.82, 2.24) is 0 Å². The molecule has 0 amide bonds. The minimum Gasteiger partial charge on any atom is -0.0776 e. The molecule has 0 saturated carbocycles. The molecule has 0 N–H and O–H groups in total. The van der Waals surface area contributed by atoms with E-state index < -0.39 is 0 Å². The quantitative estimate of drug-likeness (QED) is 0.486. The Balaban J connectivity index is 0. The zero-order valence-corrected chi connectivity index (χ0v) is 5.47. The van der Waals surface area contributed by atoms with Gasteiger partial charge in [0.1, 0.15) is 0 Å². The molecule has 3 heteroatoms. The first kappa shape index (κ1) is 52.3. The summed E-state index contributed by atoms with van der Waals surface area (Å²) in [6.07, 6.45) is 0. The van der Waals surface area contributed by atoms with Crippen molar-refractivity contribution in [2.24, 2.45) is 0 Å². The van der Waals surface area contributed by atoms with Gasteiger partial charge in [-0.25, -0.2) is 0 Å². The van der Waals surface area contributed by atoms with E-state index in [1.807, 2.05) is 0 Å². The van der Waals surface area contributed by atoms with Crippen LogP contribution in [0.3, 0.4) is 0 Å². The number of rotatable bonds is 0.